The SMILES string of the molecule is C/C=C(O)\C(=C/C(C)CNC(CC)(CC)C1=C(F)CCC=C1)CNCCN. The number of hydrogen-bond donors (Lipinski definition) is 4. The molecule has 0 radical (unpaired) electrons. The smallest absolute Gasteiger partial charge is 0.115 e. The molecule has 1 rings (SSSR count). The lowest BCUT2D eigenvalue weighted by Crippen LogP contribution is -2.47. The van der Waals surface area contributed by atoms with Crippen LogP contribution in [0.4, 0.5) is 4.39 Å². The maximum absolute atomic E-state index is 14.5. The van der Waals surface area contributed by atoms with E-state index in [1.54, 1.807) is 6.08 Å². The van der Waals surface area contributed by atoms with Gasteiger partial charge in [-0.05, 0) is 38.2 Å². The second kappa shape index (κ2) is 12.1. The van der Waals surface area contributed by atoms with E-state index in [4.69, 9.17) is 5.73 Å². The van der Waals surface area contributed by atoms with Gasteiger partial charge in [0.05, 0.1) is 0 Å². The number of aliphatic hydroxyl groups is 1. The lowest BCUT2D eigenvalue weighted by atomic mass is 9.81. The van der Waals surface area contributed by atoms with Gasteiger partial charge in [-0.2, -0.15) is 0 Å². The van der Waals surface area contributed by atoms with Crippen LogP contribution in [0.15, 0.2) is 47.0 Å². The summed E-state index contributed by atoms with van der Waals surface area (Å²) in [7, 11) is 0. The van der Waals surface area contributed by atoms with E-state index in [1.807, 2.05) is 13.0 Å². The Hall–Kier alpha value is -1.43. The van der Waals surface area contributed by atoms with Gasteiger partial charge in [0.2, 0.25) is 0 Å². The summed E-state index contributed by atoms with van der Waals surface area (Å²) in [6.45, 7) is 10.7. The van der Waals surface area contributed by atoms with Crippen LogP contribution in [0.3, 0.4) is 0 Å². The van der Waals surface area contributed by atoms with Crippen molar-refractivity contribution in [3.8, 4) is 0 Å². The van der Waals surface area contributed by atoms with Crippen LogP contribution >= 0.6 is 0 Å². The molecule has 0 saturated heterocycles. The lowest BCUT2D eigenvalue weighted by Gasteiger charge is -2.37. The third-order valence-electron chi connectivity index (χ3n) is 5.32. The van der Waals surface area contributed by atoms with Crippen LogP contribution in [0, 0.1) is 5.92 Å². The van der Waals surface area contributed by atoms with Crippen molar-refractivity contribution in [2.24, 2.45) is 11.7 Å². The van der Waals surface area contributed by atoms with Crippen LogP contribution in [0.25, 0.3) is 0 Å². The van der Waals surface area contributed by atoms with Crippen LogP contribution in [0.1, 0.15) is 53.4 Å². The molecule has 1 aliphatic carbocycles. The molecule has 0 amide bonds. The highest BCUT2D eigenvalue weighted by atomic mass is 19.1. The Bertz CT molecular complexity index is 574. The van der Waals surface area contributed by atoms with Crippen LogP contribution in [0.5, 0.6) is 0 Å². The highest BCUT2D eigenvalue weighted by Gasteiger charge is 2.32. The standard InChI is InChI=1S/C22H38FN3O/c1-5-21(27)18(16-25-13-12-24)14-17(4)15-26-22(6-2,7-3)19-10-8-9-11-20(19)23/h5,8,10,14,17,25-27H,6-7,9,11-13,15-16,24H2,1-4H3/b18-14-,21-5+. The summed E-state index contributed by atoms with van der Waals surface area (Å²) in [6.07, 6.45) is 10.7. The number of hydrogen-bond acceptors (Lipinski definition) is 4. The molecule has 0 aromatic rings. The fraction of sp³-hybridized carbons (Fsp3) is 0.636. The maximum Gasteiger partial charge on any atom is 0.115 e. The van der Waals surface area contributed by atoms with Gasteiger partial charge < -0.3 is 21.5 Å². The molecule has 0 saturated carbocycles. The predicted octanol–water partition coefficient (Wildman–Crippen LogP) is 4.28. The Morgan fingerprint density at radius 1 is 1.41 bits per heavy atom. The molecule has 1 unspecified atom stereocenters. The van der Waals surface area contributed by atoms with Crippen molar-refractivity contribution >= 4 is 0 Å². The van der Waals surface area contributed by atoms with Gasteiger partial charge in [0.1, 0.15) is 11.6 Å². The van der Waals surface area contributed by atoms with Gasteiger partial charge in [-0.3, -0.25) is 0 Å². The number of nitrogens with one attached hydrogen (secondary N) is 2. The van der Waals surface area contributed by atoms with Gasteiger partial charge in [-0.1, -0.05) is 39.0 Å². The molecule has 5 heteroatoms. The van der Waals surface area contributed by atoms with Crippen molar-refractivity contribution in [2.75, 3.05) is 26.2 Å². The first-order valence-corrected chi connectivity index (χ1v) is 10.2. The molecule has 0 bridgehead atoms. The Labute approximate surface area is 164 Å². The highest BCUT2D eigenvalue weighted by Crippen LogP contribution is 2.33. The predicted molar refractivity (Wildman–Crippen MR) is 113 cm³/mol. The number of halogens is 1. The van der Waals surface area contributed by atoms with Gasteiger partial charge in [0, 0.05) is 49.3 Å². The van der Waals surface area contributed by atoms with Crippen molar-refractivity contribution in [1.82, 2.24) is 10.6 Å². The van der Waals surface area contributed by atoms with E-state index in [-0.39, 0.29) is 23.0 Å². The number of rotatable bonds is 12. The second-order valence-electron chi connectivity index (χ2n) is 7.24. The topological polar surface area (TPSA) is 70.3 Å². The van der Waals surface area contributed by atoms with Crippen molar-refractivity contribution in [3.63, 3.8) is 0 Å². The monoisotopic (exact) mass is 379 g/mol. The molecule has 0 fully saturated rings. The molecule has 0 aromatic carbocycles. The molecule has 27 heavy (non-hydrogen) atoms. The molecule has 0 aliphatic heterocycles. The zero-order valence-electron chi connectivity index (χ0n) is 17.4. The van der Waals surface area contributed by atoms with E-state index in [9.17, 15) is 9.50 Å². The molecule has 154 valence electrons. The van der Waals surface area contributed by atoms with Gasteiger partial charge >= 0.3 is 0 Å². The fourth-order valence-corrected chi connectivity index (χ4v) is 3.54. The number of aliphatic hydroxyl groups excluding tert-OH is 1. The third kappa shape index (κ3) is 6.91. The Morgan fingerprint density at radius 3 is 2.67 bits per heavy atom. The Kier molecular flexibility index (Phi) is 10.6. The summed E-state index contributed by atoms with van der Waals surface area (Å²) in [4.78, 5) is 0. The Morgan fingerprint density at radius 2 is 2.11 bits per heavy atom. The van der Waals surface area contributed by atoms with Crippen LogP contribution in [-0.4, -0.2) is 36.8 Å². The van der Waals surface area contributed by atoms with Crippen molar-refractivity contribution < 1.29 is 9.50 Å². The molecule has 0 aromatic heterocycles. The largest absolute Gasteiger partial charge is 0.508 e. The average Bonchev–Trinajstić information content (AvgIpc) is 2.69. The van der Waals surface area contributed by atoms with E-state index >= 15 is 0 Å². The van der Waals surface area contributed by atoms with Crippen LogP contribution in [-0.2, 0) is 0 Å². The summed E-state index contributed by atoms with van der Waals surface area (Å²) in [5, 5.41) is 17.0. The minimum atomic E-state index is -0.344. The zero-order valence-corrected chi connectivity index (χ0v) is 17.4. The van der Waals surface area contributed by atoms with E-state index in [0.29, 0.717) is 32.6 Å². The average molecular weight is 380 g/mol. The molecule has 0 spiro atoms. The van der Waals surface area contributed by atoms with E-state index < -0.39 is 0 Å². The van der Waals surface area contributed by atoms with Crippen molar-refractivity contribution in [3.05, 3.63) is 47.0 Å². The number of nitrogens with two attached hydrogens (primary N) is 1. The molecule has 0 heterocycles. The summed E-state index contributed by atoms with van der Waals surface area (Å²) in [6, 6.07) is 0. The van der Waals surface area contributed by atoms with Crippen molar-refractivity contribution in [2.45, 2.75) is 58.9 Å². The zero-order chi connectivity index (χ0) is 20.3. The highest BCUT2D eigenvalue weighted by molar-refractivity contribution is 5.36. The van der Waals surface area contributed by atoms with E-state index in [2.05, 4.69) is 43.6 Å². The maximum atomic E-state index is 14.5. The minimum absolute atomic E-state index is 0.00938. The molecule has 1 aliphatic rings. The first-order valence-electron chi connectivity index (χ1n) is 10.2. The summed E-state index contributed by atoms with van der Waals surface area (Å²) >= 11 is 0. The summed E-state index contributed by atoms with van der Waals surface area (Å²) in [5.41, 5.74) is 6.84. The molecule has 4 nitrogen and oxygen atoms in total. The van der Waals surface area contributed by atoms with E-state index in [1.165, 1.54) is 0 Å². The molecular weight excluding hydrogens is 341 g/mol. The van der Waals surface area contributed by atoms with Crippen LogP contribution in [0.2, 0.25) is 0 Å². The van der Waals surface area contributed by atoms with Gasteiger partial charge in [0.15, 0.2) is 0 Å². The van der Waals surface area contributed by atoms with E-state index in [0.717, 1.165) is 30.4 Å². The second-order valence-corrected chi connectivity index (χ2v) is 7.24. The first-order chi connectivity index (χ1) is 12.9. The number of allylic oxidation sites excluding steroid dienone is 3. The summed E-state index contributed by atoms with van der Waals surface area (Å²) in [5.74, 6) is 0.484. The fourth-order valence-electron chi connectivity index (χ4n) is 3.54. The lowest BCUT2D eigenvalue weighted by molar-refractivity contribution is 0.335. The van der Waals surface area contributed by atoms with Gasteiger partial charge in [0.25, 0.3) is 0 Å². The normalized spacial score (nSPS) is 17.6. The molecule has 5 N–H and O–H groups in total. The minimum Gasteiger partial charge on any atom is -0.508 e. The van der Waals surface area contributed by atoms with Gasteiger partial charge in [-0.25, -0.2) is 4.39 Å². The van der Waals surface area contributed by atoms with Gasteiger partial charge in [-0.15, -0.1) is 0 Å². The van der Waals surface area contributed by atoms with Crippen LogP contribution < -0.4 is 16.4 Å². The molecular formula is C22H38FN3O. The van der Waals surface area contributed by atoms with Crippen molar-refractivity contribution in [1.29, 1.82) is 0 Å². The quantitative estimate of drug-likeness (QED) is 0.232. The summed E-state index contributed by atoms with van der Waals surface area (Å²) < 4.78 is 14.5. The molecule has 1 atom stereocenters. The third-order valence-corrected chi connectivity index (χ3v) is 5.32. The first kappa shape index (κ1) is 23.6. The Balaban J connectivity index is 2.88.